The minimum absolute atomic E-state index is 0.0391. The van der Waals surface area contributed by atoms with E-state index < -0.39 is 12.8 Å². The Bertz CT molecular complexity index is 413. The van der Waals surface area contributed by atoms with Crippen LogP contribution in [0.2, 0.25) is 0 Å². The van der Waals surface area contributed by atoms with Crippen LogP contribution >= 0.6 is 12.2 Å². The number of nitrogens with zero attached hydrogens (tertiary/aromatic N) is 2. The standard InChI is InChI=1S/C8H10F3N3OS/c1-4-5(6(12)16)7(14(2)13-4)15-3-8(9,10)11/h3H2,1-2H3,(H2,12,16). The van der Waals surface area contributed by atoms with Gasteiger partial charge in [0.05, 0.1) is 11.3 Å². The molecule has 16 heavy (non-hydrogen) atoms. The number of hydrogen-bond acceptors (Lipinski definition) is 3. The van der Waals surface area contributed by atoms with Crippen molar-refractivity contribution in [3.05, 3.63) is 11.3 Å². The van der Waals surface area contributed by atoms with Crippen molar-refractivity contribution < 1.29 is 17.9 Å². The van der Waals surface area contributed by atoms with Crippen LogP contribution in [0.25, 0.3) is 0 Å². The fraction of sp³-hybridized carbons (Fsp3) is 0.500. The van der Waals surface area contributed by atoms with E-state index in [1.54, 1.807) is 6.92 Å². The van der Waals surface area contributed by atoms with Crippen LogP contribution in [0.15, 0.2) is 0 Å². The van der Waals surface area contributed by atoms with E-state index in [0.717, 1.165) is 0 Å². The molecule has 4 nitrogen and oxygen atoms in total. The number of thiocarbonyl (C=S) groups is 1. The molecular formula is C8H10F3N3OS. The molecule has 0 saturated carbocycles. The van der Waals surface area contributed by atoms with E-state index in [1.165, 1.54) is 11.7 Å². The smallest absolute Gasteiger partial charge is 0.422 e. The van der Waals surface area contributed by atoms with Gasteiger partial charge in [-0.3, -0.25) is 0 Å². The zero-order valence-corrected chi connectivity index (χ0v) is 9.45. The van der Waals surface area contributed by atoms with Crippen molar-refractivity contribution in [2.24, 2.45) is 12.8 Å². The normalized spacial score (nSPS) is 11.6. The Morgan fingerprint density at radius 3 is 2.56 bits per heavy atom. The van der Waals surface area contributed by atoms with Gasteiger partial charge in [-0.05, 0) is 6.92 Å². The summed E-state index contributed by atoms with van der Waals surface area (Å²) in [5.41, 5.74) is 6.06. The van der Waals surface area contributed by atoms with Gasteiger partial charge < -0.3 is 10.5 Å². The third-order valence-electron chi connectivity index (χ3n) is 1.79. The highest BCUT2D eigenvalue weighted by Gasteiger charge is 2.30. The summed E-state index contributed by atoms with van der Waals surface area (Å²) in [6, 6.07) is 0. The summed E-state index contributed by atoms with van der Waals surface area (Å²) in [6.07, 6.45) is -4.41. The van der Waals surface area contributed by atoms with Crippen LogP contribution in [0.5, 0.6) is 5.88 Å². The third kappa shape index (κ3) is 2.84. The molecule has 0 bridgehead atoms. The van der Waals surface area contributed by atoms with Gasteiger partial charge >= 0.3 is 6.18 Å². The van der Waals surface area contributed by atoms with Crippen LogP contribution in [-0.2, 0) is 7.05 Å². The number of alkyl halides is 3. The minimum atomic E-state index is -4.41. The maximum absolute atomic E-state index is 12.0. The SMILES string of the molecule is Cc1nn(C)c(OCC(F)(F)F)c1C(N)=S. The van der Waals surface area contributed by atoms with Crippen LogP contribution in [0.1, 0.15) is 11.3 Å². The number of halogens is 3. The van der Waals surface area contributed by atoms with Crippen molar-refractivity contribution in [3.8, 4) is 5.88 Å². The Morgan fingerprint density at radius 2 is 2.12 bits per heavy atom. The van der Waals surface area contributed by atoms with Gasteiger partial charge in [0.25, 0.3) is 0 Å². The van der Waals surface area contributed by atoms with Gasteiger partial charge in [0.1, 0.15) is 4.99 Å². The Kier molecular flexibility index (Phi) is 3.41. The number of ether oxygens (including phenoxy) is 1. The fourth-order valence-corrected chi connectivity index (χ4v) is 1.47. The fourth-order valence-electron chi connectivity index (χ4n) is 1.24. The molecule has 0 radical (unpaired) electrons. The second-order valence-electron chi connectivity index (χ2n) is 3.16. The molecule has 1 heterocycles. The summed E-state index contributed by atoms with van der Waals surface area (Å²) in [5, 5.41) is 3.89. The van der Waals surface area contributed by atoms with Crippen LogP contribution in [0.4, 0.5) is 13.2 Å². The maximum atomic E-state index is 12.0. The van der Waals surface area contributed by atoms with E-state index in [-0.39, 0.29) is 16.4 Å². The average Bonchev–Trinajstić information content (AvgIpc) is 2.35. The van der Waals surface area contributed by atoms with Crippen molar-refractivity contribution >= 4 is 17.2 Å². The predicted octanol–water partition coefficient (Wildman–Crippen LogP) is 1.30. The molecule has 0 atom stereocenters. The highest BCUT2D eigenvalue weighted by molar-refractivity contribution is 7.80. The average molecular weight is 253 g/mol. The molecule has 0 unspecified atom stereocenters. The monoisotopic (exact) mass is 253 g/mol. The van der Waals surface area contributed by atoms with Crippen LogP contribution in [0, 0.1) is 6.92 Å². The van der Waals surface area contributed by atoms with Crippen molar-refractivity contribution in [2.45, 2.75) is 13.1 Å². The number of hydrogen-bond donors (Lipinski definition) is 1. The predicted molar refractivity (Wildman–Crippen MR) is 55.4 cm³/mol. The van der Waals surface area contributed by atoms with E-state index in [1.807, 2.05) is 0 Å². The summed E-state index contributed by atoms with van der Waals surface area (Å²) < 4.78 is 41.8. The van der Waals surface area contributed by atoms with Gasteiger partial charge in [-0.1, -0.05) is 12.2 Å². The van der Waals surface area contributed by atoms with Crippen molar-refractivity contribution in [1.82, 2.24) is 9.78 Å². The van der Waals surface area contributed by atoms with Crippen molar-refractivity contribution in [1.29, 1.82) is 0 Å². The lowest BCUT2D eigenvalue weighted by molar-refractivity contribution is -0.154. The minimum Gasteiger partial charge on any atom is -0.468 e. The first-order valence-corrected chi connectivity index (χ1v) is 4.66. The van der Waals surface area contributed by atoms with Crippen LogP contribution in [0.3, 0.4) is 0 Å². The number of rotatable bonds is 3. The molecular weight excluding hydrogens is 243 g/mol. The van der Waals surface area contributed by atoms with E-state index in [0.29, 0.717) is 5.69 Å². The Balaban J connectivity index is 2.99. The molecule has 0 fully saturated rings. The molecule has 0 aliphatic rings. The Morgan fingerprint density at radius 1 is 1.56 bits per heavy atom. The van der Waals surface area contributed by atoms with Crippen molar-refractivity contribution in [2.75, 3.05) is 6.61 Å². The molecule has 0 amide bonds. The summed E-state index contributed by atoms with van der Waals surface area (Å²) in [7, 11) is 1.46. The summed E-state index contributed by atoms with van der Waals surface area (Å²) in [4.78, 5) is -0.0391. The lowest BCUT2D eigenvalue weighted by Gasteiger charge is -2.10. The first kappa shape index (κ1) is 12.8. The van der Waals surface area contributed by atoms with E-state index >= 15 is 0 Å². The number of aromatic nitrogens is 2. The van der Waals surface area contributed by atoms with Gasteiger partial charge in [-0.25, -0.2) is 4.68 Å². The highest BCUT2D eigenvalue weighted by Crippen LogP contribution is 2.24. The molecule has 1 aromatic rings. The largest absolute Gasteiger partial charge is 0.468 e. The zero-order chi connectivity index (χ0) is 12.5. The first-order chi connectivity index (χ1) is 7.22. The van der Waals surface area contributed by atoms with Gasteiger partial charge in [0.15, 0.2) is 6.61 Å². The highest BCUT2D eigenvalue weighted by atomic mass is 32.1. The van der Waals surface area contributed by atoms with Gasteiger partial charge in [0, 0.05) is 7.05 Å². The van der Waals surface area contributed by atoms with E-state index in [4.69, 9.17) is 18.0 Å². The number of aryl methyl sites for hydroxylation is 2. The van der Waals surface area contributed by atoms with Gasteiger partial charge in [-0.15, -0.1) is 0 Å². The Labute approximate surface area is 95.2 Å². The molecule has 90 valence electrons. The second-order valence-corrected chi connectivity index (χ2v) is 3.60. The molecule has 0 aliphatic carbocycles. The van der Waals surface area contributed by atoms with E-state index in [9.17, 15) is 13.2 Å². The van der Waals surface area contributed by atoms with E-state index in [2.05, 4.69) is 9.84 Å². The quantitative estimate of drug-likeness (QED) is 0.825. The summed E-state index contributed by atoms with van der Waals surface area (Å²) in [6.45, 7) is 0.191. The summed E-state index contributed by atoms with van der Waals surface area (Å²) in [5.74, 6) is -0.0673. The molecule has 0 aromatic carbocycles. The van der Waals surface area contributed by atoms with Gasteiger partial charge in [-0.2, -0.15) is 18.3 Å². The van der Waals surface area contributed by atoms with Gasteiger partial charge in [0.2, 0.25) is 5.88 Å². The van der Waals surface area contributed by atoms with Crippen LogP contribution < -0.4 is 10.5 Å². The molecule has 0 aliphatic heterocycles. The lowest BCUT2D eigenvalue weighted by Crippen LogP contribution is -2.22. The van der Waals surface area contributed by atoms with Crippen molar-refractivity contribution in [3.63, 3.8) is 0 Å². The second kappa shape index (κ2) is 4.28. The zero-order valence-electron chi connectivity index (χ0n) is 8.63. The molecule has 0 spiro atoms. The molecule has 2 N–H and O–H groups in total. The molecule has 8 heteroatoms. The molecule has 0 saturated heterocycles. The molecule has 1 aromatic heterocycles. The topological polar surface area (TPSA) is 53.1 Å². The third-order valence-corrected chi connectivity index (χ3v) is 1.99. The number of nitrogens with two attached hydrogens (primary N) is 1. The first-order valence-electron chi connectivity index (χ1n) is 4.25. The maximum Gasteiger partial charge on any atom is 0.422 e. The molecule has 1 rings (SSSR count). The van der Waals surface area contributed by atoms with Crippen LogP contribution in [-0.4, -0.2) is 27.6 Å². The Hall–Kier alpha value is -1.31. The summed E-state index contributed by atoms with van der Waals surface area (Å²) >= 11 is 4.72. The lowest BCUT2D eigenvalue weighted by atomic mass is 10.2.